The number of carbonyl (C=O) groups excluding carboxylic acids is 2. The highest BCUT2D eigenvalue weighted by Crippen LogP contribution is 2.00. The molecule has 0 fully saturated rings. The van der Waals surface area contributed by atoms with E-state index in [0.29, 0.717) is 59.4 Å². The standard InChI is InChI=1S/C23H45FN2O8/c1-5-20(4)23(28)26-16-21(24)17-33-15-14-32-13-12-31-11-10-30-9-8-29-7-6-25-22(27)18-34-19(2)3/h19-21H,5-18H2,1-4H3,(H,25,27)(H,26,28). The fraction of sp³-hybridized carbons (Fsp3) is 0.913. The minimum atomic E-state index is -1.24. The first-order valence-corrected chi connectivity index (χ1v) is 12.1. The van der Waals surface area contributed by atoms with Gasteiger partial charge in [-0.05, 0) is 20.3 Å². The van der Waals surface area contributed by atoms with Gasteiger partial charge in [-0.3, -0.25) is 9.59 Å². The molecule has 0 heterocycles. The van der Waals surface area contributed by atoms with Crippen molar-refractivity contribution in [1.29, 1.82) is 0 Å². The number of nitrogens with one attached hydrogen (secondary N) is 2. The quantitative estimate of drug-likeness (QED) is 0.191. The Bertz CT molecular complexity index is 500. The minimum absolute atomic E-state index is 0.0274. The van der Waals surface area contributed by atoms with Gasteiger partial charge in [0, 0.05) is 12.5 Å². The molecular weight excluding hydrogens is 451 g/mol. The fourth-order valence-corrected chi connectivity index (χ4v) is 2.28. The number of carbonyl (C=O) groups is 2. The van der Waals surface area contributed by atoms with E-state index in [1.807, 2.05) is 27.7 Å². The van der Waals surface area contributed by atoms with Crippen LogP contribution in [0.25, 0.3) is 0 Å². The Morgan fingerprint density at radius 2 is 1.26 bits per heavy atom. The second-order valence-electron chi connectivity index (χ2n) is 7.89. The molecule has 0 aliphatic rings. The van der Waals surface area contributed by atoms with E-state index < -0.39 is 6.17 Å². The summed E-state index contributed by atoms with van der Waals surface area (Å²) in [6.07, 6.45) is -0.488. The number of hydrogen-bond acceptors (Lipinski definition) is 8. The SMILES string of the molecule is CCC(C)C(=O)NCC(F)COCCOCCOCCOCCOCCNC(=O)COC(C)C. The summed E-state index contributed by atoms with van der Waals surface area (Å²) >= 11 is 0. The predicted octanol–water partition coefficient (Wildman–Crippen LogP) is 1.11. The molecule has 0 aromatic heterocycles. The minimum Gasteiger partial charge on any atom is -0.377 e. The third-order valence-corrected chi connectivity index (χ3v) is 4.46. The van der Waals surface area contributed by atoms with Gasteiger partial charge >= 0.3 is 0 Å². The van der Waals surface area contributed by atoms with Crippen molar-refractivity contribution in [3.05, 3.63) is 0 Å². The molecule has 0 bridgehead atoms. The van der Waals surface area contributed by atoms with Gasteiger partial charge in [0.2, 0.25) is 11.8 Å². The van der Waals surface area contributed by atoms with E-state index in [9.17, 15) is 14.0 Å². The van der Waals surface area contributed by atoms with Crippen LogP contribution in [0.3, 0.4) is 0 Å². The van der Waals surface area contributed by atoms with Crippen molar-refractivity contribution in [2.45, 2.75) is 46.4 Å². The Hall–Kier alpha value is -1.37. The van der Waals surface area contributed by atoms with Crippen LogP contribution in [-0.2, 0) is 38.0 Å². The van der Waals surface area contributed by atoms with Crippen molar-refractivity contribution in [1.82, 2.24) is 10.6 Å². The van der Waals surface area contributed by atoms with Crippen LogP contribution in [0.2, 0.25) is 0 Å². The average molecular weight is 497 g/mol. The topological polar surface area (TPSA) is 114 Å². The molecule has 2 N–H and O–H groups in total. The van der Waals surface area contributed by atoms with Crippen molar-refractivity contribution < 1.29 is 42.4 Å². The van der Waals surface area contributed by atoms with E-state index in [-0.39, 0.29) is 50.2 Å². The number of amides is 2. The first kappa shape index (κ1) is 32.6. The molecule has 0 saturated heterocycles. The van der Waals surface area contributed by atoms with Crippen LogP contribution < -0.4 is 10.6 Å². The number of alkyl halides is 1. The molecule has 0 spiro atoms. The van der Waals surface area contributed by atoms with E-state index in [0.717, 1.165) is 6.42 Å². The van der Waals surface area contributed by atoms with E-state index in [1.54, 1.807) is 0 Å². The van der Waals surface area contributed by atoms with Crippen LogP contribution in [-0.4, -0.2) is 110 Å². The molecule has 0 radical (unpaired) electrons. The van der Waals surface area contributed by atoms with Gasteiger partial charge in [0.05, 0.1) is 78.7 Å². The molecule has 11 heteroatoms. The normalized spacial score (nSPS) is 13.1. The molecule has 0 aliphatic heterocycles. The Labute approximate surface area is 203 Å². The maximum absolute atomic E-state index is 13.6. The molecular formula is C23H45FN2O8. The molecule has 0 rings (SSSR count). The summed E-state index contributed by atoms with van der Waals surface area (Å²) < 4.78 is 45.5. The van der Waals surface area contributed by atoms with Crippen LogP contribution in [0.5, 0.6) is 0 Å². The number of halogens is 1. The highest BCUT2D eigenvalue weighted by molar-refractivity contribution is 5.78. The van der Waals surface area contributed by atoms with Crippen LogP contribution in [0.15, 0.2) is 0 Å². The Balaban J connectivity index is 3.25. The average Bonchev–Trinajstić information content (AvgIpc) is 2.82. The van der Waals surface area contributed by atoms with Gasteiger partial charge in [-0.2, -0.15) is 0 Å². The van der Waals surface area contributed by atoms with Crippen molar-refractivity contribution in [3.63, 3.8) is 0 Å². The van der Waals surface area contributed by atoms with Gasteiger partial charge in [0.25, 0.3) is 0 Å². The lowest BCUT2D eigenvalue weighted by atomic mass is 10.1. The molecule has 0 saturated carbocycles. The third kappa shape index (κ3) is 22.4. The van der Waals surface area contributed by atoms with Crippen LogP contribution in [0.1, 0.15) is 34.1 Å². The number of rotatable bonds is 24. The Morgan fingerprint density at radius 1 is 0.765 bits per heavy atom. The predicted molar refractivity (Wildman–Crippen MR) is 126 cm³/mol. The molecule has 10 nitrogen and oxygen atoms in total. The van der Waals surface area contributed by atoms with Gasteiger partial charge in [-0.25, -0.2) is 4.39 Å². The lowest BCUT2D eigenvalue weighted by molar-refractivity contribution is -0.127. The maximum atomic E-state index is 13.6. The molecule has 0 aliphatic carbocycles. The molecule has 202 valence electrons. The van der Waals surface area contributed by atoms with Gasteiger partial charge in [0.1, 0.15) is 12.8 Å². The van der Waals surface area contributed by atoms with Crippen LogP contribution in [0.4, 0.5) is 4.39 Å². The van der Waals surface area contributed by atoms with E-state index in [1.165, 1.54) is 0 Å². The lowest BCUT2D eigenvalue weighted by Gasteiger charge is -2.13. The molecule has 34 heavy (non-hydrogen) atoms. The Morgan fingerprint density at radius 3 is 1.76 bits per heavy atom. The number of ether oxygens (including phenoxy) is 6. The van der Waals surface area contributed by atoms with Gasteiger partial charge in [0.15, 0.2) is 0 Å². The zero-order chi connectivity index (χ0) is 25.4. The van der Waals surface area contributed by atoms with Crippen molar-refractivity contribution in [2.24, 2.45) is 5.92 Å². The second kappa shape index (κ2) is 23.4. The molecule has 2 unspecified atom stereocenters. The smallest absolute Gasteiger partial charge is 0.246 e. The first-order valence-electron chi connectivity index (χ1n) is 12.1. The second-order valence-corrected chi connectivity index (χ2v) is 7.89. The summed E-state index contributed by atoms with van der Waals surface area (Å²) in [4.78, 5) is 23.0. The maximum Gasteiger partial charge on any atom is 0.246 e. The van der Waals surface area contributed by atoms with E-state index in [2.05, 4.69) is 10.6 Å². The van der Waals surface area contributed by atoms with Crippen LogP contribution in [0, 0.1) is 5.92 Å². The molecule has 2 amide bonds. The zero-order valence-electron chi connectivity index (χ0n) is 21.3. The summed E-state index contributed by atoms with van der Waals surface area (Å²) in [6, 6.07) is 0. The van der Waals surface area contributed by atoms with Gasteiger partial charge in [-0.1, -0.05) is 13.8 Å². The molecule has 0 aromatic rings. The summed E-state index contributed by atoms with van der Waals surface area (Å²) in [6.45, 7) is 11.5. The Kier molecular flexibility index (Phi) is 22.4. The van der Waals surface area contributed by atoms with Crippen molar-refractivity contribution in [2.75, 3.05) is 85.8 Å². The van der Waals surface area contributed by atoms with E-state index >= 15 is 0 Å². The van der Waals surface area contributed by atoms with Gasteiger partial charge in [-0.15, -0.1) is 0 Å². The highest BCUT2D eigenvalue weighted by Gasteiger charge is 2.13. The van der Waals surface area contributed by atoms with E-state index in [4.69, 9.17) is 28.4 Å². The molecule has 0 aromatic carbocycles. The summed E-state index contributed by atoms with van der Waals surface area (Å²) in [5, 5.41) is 5.28. The first-order chi connectivity index (χ1) is 16.4. The third-order valence-electron chi connectivity index (χ3n) is 4.46. The number of hydrogen-bond donors (Lipinski definition) is 2. The van der Waals surface area contributed by atoms with Crippen molar-refractivity contribution >= 4 is 11.8 Å². The van der Waals surface area contributed by atoms with Gasteiger partial charge < -0.3 is 39.1 Å². The summed E-state index contributed by atoms with van der Waals surface area (Å²) in [5.74, 6) is -0.413. The monoisotopic (exact) mass is 496 g/mol. The zero-order valence-corrected chi connectivity index (χ0v) is 21.3. The molecule has 2 atom stereocenters. The lowest BCUT2D eigenvalue weighted by Crippen LogP contribution is -2.35. The highest BCUT2D eigenvalue weighted by atomic mass is 19.1. The largest absolute Gasteiger partial charge is 0.377 e. The summed E-state index contributed by atoms with van der Waals surface area (Å²) in [7, 11) is 0. The van der Waals surface area contributed by atoms with Crippen LogP contribution >= 0.6 is 0 Å². The summed E-state index contributed by atoms with van der Waals surface area (Å²) in [5.41, 5.74) is 0. The fourth-order valence-electron chi connectivity index (χ4n) is 2.28. The van der Waals surface area contributed by atoms with Crippen molar-refractivity contribution in [3.8, 4) is 0 Å².